The first-order chi connectivity index (χ1) is 13.1. The van der Waals surface area contributed by atoms with Crippen LogP contribution in [0.5, 0.6) is 0 Å². The fourth-order valence-electron chi connectivity index (χ4n) is 2.28. The number of amides is 2. The zero-order valence-electron chi connectivity index (χ0n) is 14.2. The fraction of sp³-hybridized carbons (Fsp3) is 0. The van der Waals surface area contributed by atoms with Gasteiger partial charge in [-0.2, -0.15) is 5.10 Å². The Morgan fingerprint density at radius 3 is 2.07 bits per heavy atom. The molecule has 3 aromatic carbocycles. The van der Waals surface area contributed by atoms with E-state index in [2.05, 4.69) is 15.8 Å². The number of hydrazone groups is 1. The van der Waals surface area contributed by atoms with Crippen molar-refractivity contribution in [1.82, 2.24) is 5.43 Å². The number of hydrogen-bond acceptors (Lipinski definition) is 3. The molecule has 2 amide bonds. The van der Waals surface area contributed by atoms with Gasteiger partial charge in [-0.05, 0) is 54.1 Å². The lowest BCUT2D eigenvalue weighted by molar-refractivity contribution is 0.0954. The Bertz CT molecular complexity index is 953. The summed E-state index contributed by atoms with van der Waals surface area (Å²) in [7, 11) is 0. The number of rotatable bonds is 5. The first-order valence-corrected chi connectivity index (χ1v) is 8.17. The molecule has 0 fully saturated rings. The van der Waals surface area contributed by atoms with E-state index in [1.807, 2.05) is 6.07 Å². The minimum absolute atomic E-state index is 0.225. The van der Waals surface area contributed by atoms with Gasteiger partial charge in [-0.15, -0.1) is 0 Å². The molecule has 0 aliphatic carbocycles. The summed E-state index contributed by atoms with van der Waals surface area (Å²) in [6, 6.07) is 21.0. The average Bonchev–Trinajstić information content (AvgIpc) is 2.70. The standard InChI is InChI=1S/C21H16FN3O2/c22-18-10-6-15(7-11-18)14-23-25-21(27)17-8-12-19(13-9-17)24-20(26)16-4-2-1-3-5-16/h1-14H,(H,24,26)(H,25,27)/b23-14-. The molecule has 0 heterocycles. The maximum Gasteiger partial charge on any atom is 0.271 e. The third-order valence-electron chi connectivity index (χ3n) is 3.69. The highest BCUT2D eigenvalue weighted by molar-refractivity contribution is 6.04. The lowest BCUT2D eigenvalue weighted by Crippen LogP contribution is -2.17. The number of carbonyl (C=O) groups is 2. The summed E-state index contributed by atoms with van der Waals surface area (Å²) < 4.78 is 12.8. The summed E-state index contributed by atoms with van der Waals surface area (Å²) in [5.41, 5.74) is 4.58. The van der Waals surface area contributed by atoms with Gasteiger partial charge in [0.25, 0.3) is 11.8 Å². The van der Waals surface area contributed by atoms with Gasteiger partial charge in [-0.25, -0.2) is 9.82 Å². The van der Waals surface area contributed by atoms with E-state index in [1.54, 1.807) is 60.7 Å². The average molecular weight is 361 g/mol. The number of halogens is 1. The van der Waals surface area contributed by atoms with Gasteiger partial charge in [0, 0.05) is 16.8 Å². The van der Waals surface area contributed by atoms with Crippen LogP contribution < -0.4 is 10.7 Å². The lowest BCUT2D eigenvalue weighted by Gasteiger charge is -2.06. The number of anilines is 1. The van der Waals surface area contributed by atoms with E-state index in [-0.39, 0.29) is 11.7 Å². The highest BCUT2D eigenvalue weighted by Crippen LogP contribution is 2.11. The summed E-state index contributed by atoms with van der Waals surface area (Å²) in [5, 5.41) is 6.60. The minimum atomic E-state index is -0.394. The number of nitrogens with one attached hydrogen (secondary N) is 2. The molecule has 0 spiro atoms. The summed E-state index contributed by atoms with van der Waals surface area (Å²) >= 11 is 0. The molecule has 5 nitrogen and oxygen atoms in total. The van der Waals surface area contributed by atoms with E-state index in [1.165, 1.54) is 18.3 Å². The predicted octanol–water partition coefficient (Wildman–Crippen LogP) is 3.84. The second-order valence-corrected chi connectivity index (χ2v) is 5.65. The molecule has 134 valence electrons. The molecule has 6 heteroatoms. The van der Waals surface area contributed by atoms with E-state index >= 15 is 0 Å². The highest BCUT2D eigenvalue weighted by atomic mass is 19.1. The van der Waals surface area contributed by atoms with Crippen molar-refractivity contribution in [3.8, 4) is 0 Å². The largest absolute Gasteiger partial charge is 0.322 e. The van der Waals surface area contributed by atoms with E-state index in [9.17, 15) is 14.0 Å². The number of hydrogen-bond donors (Lipinski definition) is 2. The molecule has 0 unspecified atom stereocenters. The molecule has 0 radical (unpaired) electrons. The predicted molar refractivity (Wildman–Crippen MR) is 102 cm³/mol. The van der Waals surface area contributed by atoms with Crippen LogP contribution in [0.2, 0.25) is 0 Å². The van der Waals surface area contributed by atoms with Gasteiger partial charge in [-0.1, -0.05) is 30.3 Å². The van der Waals surface area contributed by atoms with Crippen LogP contribution in [0, 0.1) is 5.82 Å². The van der Waals surface area contributed by atoms with Crippen LogP contribution in [0.4, 0.5) is 10.1 Å². The van der Waals surface area contributed by atoms with Crippen molar-refractivity contribution in [2.45, 2.75) is 0 Å². The van der Waals surface area contributed by atoms with Crippen LogP contribution >= 0.6 is 0 Å². The van der Waals surface area contributed by atoms with Crippen LogP contribution in [-0.4, -0.2) is 18.0 Å². The number of benzene rings is 3. The molecule has 3 aromatic rings. The Labute approximate surface area is 155 Å². The monoisotopic (exact) mass is 361 g/mol. The van der Waals surface area contributed by atoms with Crippen molar-refractivity contribution < 1.29 is 14.0 Å². The van der Waals surface area contributed by atoms with Gasteiger partial charge in [0.2, 0.25) is 0 Å². The Morgan fingerprint density at radius 2 is 1.41 bits per heavy atom. The summed E-state index contributed by atoms with van der Waals surface area (Å²) in [6.45, 7) is 0. The maximum atomic E-state index is 12.8. The molecular formula is C21H16FN3O2. The van der Waals surface area contributed by atoms with Crippen molar-refractivity contribution >= 4 is 23.7 Å². The van der Waals surface area contributed by atoms with Crippen molar-refractivity contribution in [3.05, 3.63) is 101 Å². The molecule has 0 atom stereocenters. The fourth-order valence-corrected chi connectivity index (χ4v) is 2.28. The van der Waals surface area contributed by atoms with Crippen molar-refractivity contribution in [3.63, 3.8) is 0 Å². The smallest absolute Gasteiger partial charge is 0.271 e. The highest BCUT2D eigenvalue weighted by Gasteiger charge is 2.07. The van der Waals surface area contributed by atoms with E-state index in [0.717, 1.165) is 0 Å². The molecule has 0 aliphatic rings. The Morgan fingerprint density at radius 1 is 0.778 bits per heavy atom. The number of nitrogens with zero attached hydrogens (tertiary/aromatic N) is 1. The van der Waals surface area contributed by atoms with Gasteiger partial charge in [0.05, 0.1) is 6.21 Å². The summed E-state index contributed by atoms with van der Waals surface area (Å²) in [5.74, 6) is -0.957. The second-order valence-electron chi connectivity index (χ2n) is 5.65. The van der Waals surface area contributed by atoms with Crippen LogP contribution in [0.15, 0.2) is 84.0 Å². The minimum Gasteiger partial charge on any atom is -0.322 e. The van der Waals surface area contributed by atoms with Crippen molar-refractivity contribution in [1.29, 1.82) is 0 Å². The zero-order valence-corrected chi connectivity index (χ0v) is 14.2. The molecular weight excluding hydrogens is 345 g/mol. The SMILES string of the molecule is O=C(N/N=C\c1ccc(F)cc1)c1ccc(NC(=O)c2ccccc2)cc1. The van der Waals surface area contributed by atoms with Crippen molar-refractivity contribution in [2.75, 3.05) is 5.32 Å². The quantitative estimate of drug-likeness (QED) is 0.535. The van der Waals surface area contributed by atoms with Crippen LogP contribution in [0.25, 0.3) is 0 Å². The summed E-state index contributed by atoms with van der Waals surface area (Å²) in [4.78, 5) is 24.2. The zero-order chi connectivity index (χ0) is 19.1. The van der Waals surface area contributed by atoms with Crippen molar-refractivity contribution in [2.24, 2.45) is 5.10 Å². The van der Waals surface area contributed by atoms with Crippen LogP contribution in [0.3, 0.4) is 0 Å². The van der Waals surface area contributed by atoms with Gasteiger partial charge in [-0.3, -0.25) is 9.59 Å². The van der Waals surface area contributed by atoms with Gasteiger partial charge >= 0.3 is 0 Å². The molecule has 0 saturated carbocycles. The molecule has 0 bridgehead atoms. The van der Waals surface area contributed by atoms with Gasteiger partial charge in [0.15, 0.2) is 0 Å². The first-order valence-electron chi connectivity index (χ1n) is 8.17. The molecule has 27 heavy (non-hydrogen) atoms. The van der Waals surface area contributed by atoms with Gasteiger partial charge < -0.3 is 5.32 Å². The Balaban J connectivity index is 1.57. The van der Waals surface area contributed by atoms with Crippen LogP contribution in [0.1, 0.15) is 26.3 Å². The molecule has 0 saturated heterocycles. The third kappa shape index (κ3) is 5.09. The third-order valence-corrected chi connectivity index (χ3v) is 3.69. The molecule has 2 N–H and O–H groups in total. The molecule has 0 aliphatic heterocycles. The van der Waals surface area contributed by atoms with Crippen LogP contribution in [-0.2, 0) is 0 Å². The lowest BCUT2D eigenvalue weighted by atomic mass is 10.1. The summed E-state index contributed by atoms with van der Waals surface area (Å²) in [6.07, 6.45) is 1.42. The second kappa shape index (κ2) is 8.53. The molecule has 3 rings (SSSR count). The topological polar surface area (TPSA) is 70.6 Å². The Hall–Kier alpha value is -3.80. The normalized spacial score (nSPS) is 10.6. The van der Waals surface area contributed by atoms with Gasteiger partial charge in [0.1, 0.15) is 5.82 Å². The van der Waals surface area contributed by atoms with E-state index < -0.39 is 5.91 Å². The Kier molecular flexibility index (Phi) is 5.69. The molecule has 0 aromatic heterocycles. The van der Waals surface area contributed by atoms with E-state index in [0.29, 0.717) is 22.4 Å². The maximum absolute atomic E-state index is 12.8. The first kappa shape index (κ1) is 18.0. The number of carbonyl (C=O) groups excluding carboxylic acids is 2. The van der Waals surface area contributed by atoms with E-state index in [4.69, 9.17) is 0 Å².